The van der Waals surface area contributed by atoms with Crippen LogP contribution >= 0.6 is 0 Å². The maximum atomic E-state index is 5.88. The smallest absolute Gasteiger partial charge is 0.123 e. The Morgan fingerprint density at radius 3 is 2.17 bits per heavy atom. The number of aliphatic imine (C=N–C) groups is 1. The Hall–Kier alpha value is -3.79. The zero-order valence-corrected chi connectivity index (χ0v) is 17.7. The first kappa shape index (κ1) is 22.5. The van der Waals surface area contributed by atoms with Crippen LogP contribution < -0.4 is 16.8 Å². The van der Waals surface area contributed by atoms with E-state index in [0.29, 0.717) is 17.9 Å². The molecule has 30 heavy (non-hydrogen) atoms. The molecule has 0 unspecified atom stereocenters. The third-order valence-electron chi connectivity index (χ3n) is 4.09. The SMILES string of the molecule is C=C/C=C(\C=C(\C)N)c1ccc(NC(=C)N=C(/C=C(/C)N)Cc2ccccc2)cc1. The number of benzene rings is 2. The molecule has 2 aromatic carbocycles. The van der Waals surface area contributed by atoms with Crippen LogP contribution in [0.2, 0.25) is 0 Å². The summed E-state index contributed by atoms with van der Waals surface area (Å²) in [6.07, 6.45) is 8.15. The highest BCUT2D eigenvalue weighted by atomic mass is 15.0. The number of anilines is 1. The molecule has 0 aliphatic carbocycles. The largest absolute Gasteiger partial charge is 0.402 e. The van der Waals surface area contributed by atoms with Gasteiger partial charge in [-0.15, -0.1) is 0 Å². The van der Waals surface area contributed by atoms with Crippen molar-refractivity contribution in [1.29, 1.82) is 0 Å². The van der Waals surface area contributed by atoms with Crippen LogP contribution in [0.3, 0.4) is 0 Å². The summed E-state index contributed by atoms with van der Waals surface area (Å²) in [6, 6.07) is 18.1. The summed E-state index contributed by atoms with van der Waals surface area (Å²) in [5.74, 6) is 0.547. The van der Waals surface area contributed by atoms with Gasteiger partial charge in [-0.3, -0.25) is 0 Å². The molecule has 0 saturated carbocycles. The Balaban J connectivity index is 2.16. The topological polar surface area (TPSA) is 76.4 Å². The van der Waals surface area contributed by atoms with Crippen molar-refractivity contribution in [3.05, 3.63) is 120 Å². The van der Waals surface area contributed by atoms with E-state index in [1.54, 1.807) is 6.08 Å². The quantitative estimate of drug-likeness (QED) is 0.383. The molecule has 0 radical (unpaired) electrons. The minimum absolute atomic E-state index is 0.547. The molecule has 5 N–H and O–H groups in total. The minimum Gasteiger partial charge on any atom is -0.402 e. The fourth-order valence-electron chi connectivity index (χ4n) is 2.90. The van der Waals surface area contributed by atoms with Crippen LogP contribution in [-0.2, 0) is 6.42 Å². The van der Waals surface area contributed by atoms with Crippen molar-refractivity contribution in [2.75, 3.05) is 5.32 Å². The summed E-state index contributed by atoms with van der Waals surface area (Å²) in [5, 5.41) is 3.24. The molecule has 0 aliphatic heterocycles. The molecule has 0 aliphatic rings. The van der Waals surface area contributed by atoms with Crippen molar-refractivity contribution in [3.8, 4) is 0 Å². The standard InChI is InChI=1S/C26H30N4/c1-5-9-24(16-19(2)27)23-12-14-25(15-13-23)29-21(4)30-26(17-20(3)28)18-22-10-7-6-8-11-22/h5-17,29H,1,4,18,27-28H2,2-3H3/b19-16-,20-17-,24-9+,30-26?. The average molecular weight is 399 g/mol. The lowest BCUT2D eigenvalue weighted by Crippen LogP contribution is -2.06. The lowest BCUT2D eigenvalue weighted by Gasteiger charge is -2.10. The number of hydrogen-bond donors (Lipinski definition) is 3. The van der Waals surface area contributed by atoms with Crippen molar-refractivity contribution >= 4 is 17.0 Å². The van der Waals surface area contributed by atoms with E-state index in [4.69, 9.17) is 11.5 Å². The maximum absolute atomic E-state index is 5.88. The zero-order valence-electron chi connectivity index (χ0n) is 17.7. The van der Waals surface area contributed by atoms with Gasteiger partial charge in [0.1, 0.15) is 5.82 Å². The third kappa shape index (κ3) is 7.68. The average Bonchev–Trinajstić information content (AvgIpc) is 2.68. The summed E-state index contributed by atoms with van der Waals surface area (Å²) in [7, 11) is 0. The Kier molecular flexibility index (Phi) is 8.45. The van der Waals surface area contributed by atoms with Gasteiger partial charge in [0.2, 0.25) is 0 Å². The lowest BCUT2D eigenvalue weighted by molar-refractivity contribution is 1.24. The molecule has 0 fully saturated rings. The third-order valence-corrected chi connectivity index (χ3v) is 4.09. The van der Waals surface area contributed by atoms with Gasteiger partial charge in [-0.2, -0.15) is 0 Å². The van der Waals surface area contributed by atoms with E-state index in [1.807, 2.05) is 74.5 Å². The first-order valence-electron chi connectivity index (χ1n) is 9.75. The van der Waals surface area contributed by atoms with Crippen molar-refractivity contribution < 1.29 is 0 Å². The molecule has 0 spiro atoms. The van der Waals surface area contributed by atoms with Gasteiger partial charge in [0.05, 0.1) is 0 Å². The van der Waals surface area contributed by atoms with E-state index < -0.39 is 0 Å². The van der Waals surface area contributed by atoms with Gasteiger partial charge in [-0.25, -0.2) is 4.99 Å². The van der Waals surface area contributed by atoms with Crippen LogP contribution in [0.15, 0.2) is 114 Å². The molecule has 0 atom stereocenters. The molecule has 4 heteroatoms. The van der Waals surface area contributed by atoms with Crippen molar-refractivity contribution in [2.45, 2.75) is 20.3 Å². The number of rotatable bonds is 9. The minimum atomic E-state index is 0.547. The predicted molar refractivity (Wildman–Crippen MR) is 131 cm³/mol. The lowest BCUT2D eigenvalue weighted by atomic mass is 10.0. The van der Waals surface area contributed by atoms with Crippen LogP contribution in [0.1, 0.15) is 25.0 Å². The van der Waals surface area contributed by atoms with Gasteiger partial charge in [0.15, 0.2) is 0 Å². The van der Waals surface area contributed by atoms with Crippen LogP contribution in [0.5, 0.6) is 0 Å². The number of allylic oxidation sites excluding steroid dienone is 7. The summed E-state index contributed by atoms with van der Waals surface area (Å²) >= 11 is 0. The van der Waals surface area contributed by atoms with Crippen molar-refractivity contribution in [3.63, 3.8) is 0 Å². The van der Waals surface area contributed by atoms with E-state index in [2.05, 4.69) is 35.6 Å². The van der Waals surface area contributed by atoms with Crippen molar-refractivity contribution in [1.82, 2.24) is 0 Å². The Bertz CT molecular complexity index is 983. The molecule has 0 saturated heterocycles. The predicted octanol–water partition coefficient (Wildman–Crippen LogP) is 5.55. The summed E-state index contributed by atoms with van der Waals surface area (Å²) in [5.41, 5.74) is 18.1. The highest BCUT2D eigenvalue weighted by molar-refractivity contribution is 5.97. The number of hydrogen-bond acceptors (Lipinski definition) is 4. The second-order valence-electron chi connectivity index (χ2n) is 7.05. The summed E-state index contributed by atoms with van der Waals surface area (Å²) < 4.78 is 0. The van der Waals surface area contributed by atoms with Crippen LogP contribution in [0, 0.1) is 0 Å². The van der Waals surface area contributed by atoms with Gasteiger partial charge in [-0.1, -0.05) is 67.8 Å². The highest BCUT2D eigenvalue weighted by Gasteiger charge is 2.03. The molecular weight excluding hydrogens is 368 g/mol. The second-order valence-corrected chi connectivity index (χ2v) is 7.05. The van der Waals surface area contributed by atoms with Gasteiger partial charge in [-0.05, 0) is 54.8 Å². The fourth-order valence-corrected chi connectivity index (χ4v) is 2.90. The molecule has 0 heterocycles. The number of nitrogens with zero attached hydrogens (tertiary/aromatic N) is 1. The van der Waals surface area contributed by atoms with Crippen molar-refractivity contribution in [2.24, 2.45) is 16.5 Å². The van der Waals surface area contributed by atoms with E-state index in [9.17, 15) is 0 Å². The van der Waals surface area contributed by atoms with E-state index in [-0.39, 0.29) is 0 Å². The van der Waals surface area contributed by atoms with E-state index >= 15 is 0 Å². The van der Waals surface area contributed by atoms with E-state index in [0.717, 1.165) is 33.8 Å². The first-order valence-corrected chi connectivity index (χ1v) is 9.75. The first-order chi connectivity index (χ1) is 14.4. The maximum Gasteiger partial charge on any atom is 0.123 e. The molecule has 0 bridgehead atoms. The molecule has 2 aromatic rings. The molecule has 154 valence electrons. The zero-order chi connectivity index (χ0) is 21.9. The van der Waals surface area contributed by atoms with Gasteiger partial charge in [0.25, 0.3) is 0 Å². The molecule has 0 aromatic heterocycles. The Morgan fingerprint density at radius 1 is 0.967 bits per heavy atom. The Labute approximate surface area is 179 Å². The number of nitrogens with one attached hydrogen (secondary N) is 1. The molecule has 4 nitrogen and oxygen atoms in total. The summed E-state index contributed by atoms with van der Waals surface area (Å²) in [6.45, 7) is 11.5. The fraction of sp³-hybridized carbons (Fsp3) is 0.115. The number of nitrogens with two attached hydrogens (primary N) is 2. The van der Waals surface area contributed by atoms with E-state index in [1.165, 1.54) is 0 Å². The summed E-state index contributed by atoms with van der Waals surface area (Å²) in [4.78, 5) is 4.64. The normalized spacial score (nSPS) is 13.1. The van der Waals surface area contributed by atoms with Crippen LogP contribution in [-0.4, -0.2) is 5.71 Å². The molecular formula is C26H30N4. The van der Waals surface area contributed by atoms with Crippen LogP contribution in [0.25, 0.3) is 5.57 Å². The molecule has 2 rings (SSSR count). The van der Waals surface area contributed by atoms with Crippen LogP contribution in [0.4, 0.5) is 5.69 Å². The van der Waals surface area contributed by atoms with Gasteiger partial charge >= 0.3 is 0 Å². The van der Waals surface area contributed by atoms with Gasteiger partial charge < -0.3 is 16.8 Å². The monoisotopic (exact) mass is 398 g/mol. The molecule has 0 amide bonds. The van der Waals surface area contributed by atoms with Gasteiger partial charge in [0, 0.05) is 29.2 Å². The second kappa shape index (κ2) is 11.3. The highest BCUT2D eigenvalue weighted by Crippen LogP contribution is 2.20. The Morgan fingerprint density at radius 2 is 1.60 bits per heavy atom.